The summed E-state index contributed by atoms with van der Waals surface area (Å²) in [7, 11) is 0. The molecule has 1 rings (SSSR count). The van der Waals surface area contributed by atoms with Crippen LogP contribution >= 0.6 is 0 Å². The molecule has 0 bridgehead atoms. The number of hydrogen-bond donors (Lipinski definition) is 1. The Hall–Kier alpha value is -0.0800. The highest BCUT2D eigenvalue weighted by Gasteiger charge is 2.32. The molecule has 0 aromatic carbocycles. The number of piperidine rings is 1. The van der Waals surface area contributed by atoms with Crippen LogP contribution in [0.4, 0.5) is 0 Å². The smallest absolute Gasteiger partial charge is 0.0326 e. The summed E-state index contributed by atoms with van der Waals surface area (Å²) in [4.78, 5) is 2.62. The van der Waals surface area contributed by atoms with Crippen molar-refractivity contribution >= 4 is 0 Å². The van der Waals surface area contributed by atoms with E-state index in [-0.39, 0.29) is 0 Å². The van der Waals surface area contributed by atoms with Gasteiger partial charge in [0.1, 0.15) is 0 Å². The first kappa shape index (κ1) is 11.0. The third-order valence-electron chi connectivity index (χ3n) is 3.72. The van der Waals surface area contributed by atoms with Crippen molar-refractivity contribution in [3.8, 4) is 0 Å². The maximum Gasteiger partial charge on any atom is 0.0326 e. The number of likely N-dealkylation sites (tertiary alicyclic amines) is 1. The number of nitrogens with two attached hydrogens (primary N) is 1. The molecule has 1 aliphatic rings. The maximum absolute atomic E-state index is 5.92. The number of rotatable bonds is 4. The first-order valence-electron chi connectivity index (χ1n) is 5.74. The Morgan fingerprint density at radius 1 is 1.08 bits per heavy atom. The Morgan fingerprint density at radius 2 is 1.62 bits per heavy atom. The van der Waals surface area contributed by atoms with Crippen LogP contribution in [-0.2, 0) is 0 Å². The van der Waals surface area contributed by atoms with Crippen LogP contribution in [0.3, 0.4) is 0 Å². The van der Waals surface area contributed by atoms with Gasteiger partial charge in [0, 0.05) is 12.1 Å². The molecule has 1 aliphatic heterocycles. The van der Waals surface area contributed by atoms with Gasteiger partial charge in [0.25, 0.3) is 0 Å². The molecule has 0 atom stereocenters. The lowest BCUT2D eigenvalue weighted by molar-refractivity contribution is 0.0649. The van der Waals surface area contributed by atoms with E-state index in [9.17, 15) is 0 Å². The van der Waals surface area contributed by atoms with Gasteiger partial charge in [0.15, 0.2) is 0 Å². The predicted octanol–water partition coefficient (Wildman–Crippen LogP) is 1.99. The molecule has 0 spiro atoms. The van der Waals surface area contributed by atoms with Crippen molar-refractivity contribution in [1.29, 1.82) is 0 Å². The van der Waals surface area contributed by atoms with Crippen LogP contribution in [0, 0.1) is 0 Å². The van der Waals surface area contributed by atoms with Crippen molar-refractivity contribution < 1.29 is 0 Å². The van der Waals surface area contributed by atoms with Gasteiger partial charge < -0.3 is 5.73 Å². The van der Waals surface area contributed by atoms with Crippen molar-refractivity contribution in [2.75, 3.05) is 19.6 Å². The molecular formula is C11H24N2. The summed E-state index contributed by atoms with van der Waals surface area (Å²) in [6.45, 7) is 7.88. The second kappa shape index (κ2) is 4.97. The highest BCUT2D eigenvalue weighted by Crippen LogP contribution is 2.26. The van der Waals surface area contributed by atoms with Gasteiger partial charge in [-0.3, -0.25) is 4.90 Å². The molecule has 2 heteroatoms. The normalized spacial score (nSPS) is 20.5. The summed E-state index contributed by atoms with van der Waals surface area (Å²) in [5, 5.41) is 0. The summed E-state index contributed by atoms with van der Waals surface area (Å²) in [6.07, 6.45) is 6.52. The first-order chi connectivity index (χ1) is 6.29. The molecule has 0 aromatic heterocycles. The summed E-state index contributed by atoms with van der Waals surface area (Å²) in [6, 6.07) is 0. The highest BCUT2D eigenvalue weighted by atomic mass is 15.2. The minimum absolute atomic E-state index is 0.306. The van der Waals surface area contributed by atoms with Crippen LogP contribution in [0.5, 0.6) is 0 Å². The van der Waals surface area contributed by atoms with Crippen LogP contribution in [0.15, 0.2) is 0 Å². The van der Waals surface area contributed by atoms with Gasteiger partial charge in [-0.1, -0.05) is 20.3 Å². The van der Waals surface area contributed by atoms with Crippen LogP contribution < -0.4 is 5.73 Å². The fourth-order valence-corrected chi connectivity index (χ4v) is 2.48. The molecule has 13 heavy (non-hydrogen) atoms. The predicted molar refractivity (Wildman–Crippen MR) is 57.8 cm³/mol. The summed E-state index contributed by atoms with van der Waals surface area (Å²) >= 11 is 0. The molecule has 0 radical (unpaired) electrons. The van der Waals surface area contributed by atoms with Crippen molar-refractivity contribution in [2.24, 2.45) is 5.73 Å². The van der Waals surface area contributed by atoms with Gasteiger partial charge in [0.2, 0.25) is 0 Å². The van der Waals surface area contributed by atoms with Crippen molar-refractivity contribution in [2.45, 2.75) is 51.5 Å². The van der Waals surface area contributed by atoms with E-state index in [4.69, 9.17) is 5.73 Å². The lowest BCUT2D eigenvalue weighted by atomic mass is 9.89. The molecule has 1 saturated heterocycles. The Balaban J connectivity index is 2.60. The monoisotopic (exact) mass is 184 g/mol. The zero-order chi connectivity index (χ0) is 9.73. The molecule has 1 fully saturated rings. The molecule has 0 aromatic rings. The molecular weight excluding hydrogens is 160 g/mol. The molecule has 2 N–H and O–H groups in total. The topological polar surface area (TPSA) is 29.3 Å². The lowest BCUT2D eigenvalue weighted by Gasteiger charge is -2.44. The summed E-state index contributed by atoms with van der Waals surface area (Å²) < 4.78 is 0. The lowest BCUT2D eigenvalue weighted by Crippen LogP contribution is -2.54. The van der Waals surface area contributed by atoms with E-state index in [1.165, 1.54) is 45.2 Å². The Labute approximate surface area is 82.5 Å². The van der Waals surface area contributed by atoms with Crippen LogP contribution in [0.25, 0.3) is 0 Å². The van der Waals surface area contributed by atoms with Gasteiger partial charge >= 0.3 is 0 Å². The largest absolute Gasteiger partial charge is 0.329 e. The van der Waals surface area contributed by atoms with Crippen molar-refractivity contribution in [3.63, 3.8) is 0 Å². The van der Waals surface area contributed by atoms with Gasteiger partial charge in [-0.2, -0.15) is 0 Å². The molecule has 0 saturated carbocycles. The first-order valence-corrected chi connectivity index (χ1v) is 5.74. The van der Waals surface area contributed by atoms with Crippen LogP contribution in [-0.4, -0.2) is 30.1 Å². The third-order valence-corrected chi connectivity index (χ3v) is 3.72. The number of hydrogen-bond acceptors (Lipinski definition) is 2. The average molecular weight is 184 g/mol. The van der Waals surface area contributed by atoms with Crippen LogP contribution in [0.2, 0.25) is 0 Å². The Morgan fingerprint density at radius 3 is 2.00 bits per heavy atom. The van der Waals surface area contributed by atoms with E-state index >= 15 is 0 Å². The van der Waals surface area contributed by atoms with Gasteiger partial charge in [-0.05, 0) is 38.8 Å². The van der Waals surface area contributed by atoms with Gasteiger partial charge in [-0.25, -0.2) is 0 Å². The molecule has 0 unspecified atom stereocenters. The van der Waals surface area contributed by atoms with Crippen molar-refractivity contribution in [3.05, 3.63) is 0 Å². The molecule has 78 valence electrons. The second-order valence-electron chi connectivity index (χ2n) is 4.18. The molecule has 0 amide bonds. The van der Waals surface area contributed by atoms with E-state index < -0.39 is 0 Å². The van der Waals surface area contributed by atoms with E-state index in [0.29, 0.717) is 5.54 Å². The van der Waals surface area contributed by atoms with Crippen LogP contribution in [0.1, 0.15) is 46.0 Å². The third kappa shape index (κ3) is 2.23. The van der Waals surface area contributed by atoms with Crippen molar-refractivity contribution in [1.82, 2.24) is 4.90 Å². The molecule has 1 heterocycles. The van der Waals surface area contributed by atoms with Gasteiger partial charge in [-0.15, -0.1) is 0 Å². The molecule has 0 aliphatic carbocycles. The fourth-order valence-electron chi connectivity index (χ4n) is 2.48. The van der Waals surface area contributed by atoms with E-state index in [2.05, 4.69) is 18.7 Å². The van der Waals surface area contributed by atoms with E-state index in [0.717, 1.165) is 6.54 Å². The van der Waals surface area contributed by atoms with E-state index in [1.54, 1.807) is 0 Å². The standard InChI is InChI=1S/C11H24N2/c1-3-11(4-2,10-12)13-8-6-5-7-9-13/h3-10,12H2,1-2H3. The maximum atomic E-state index is 5.92. The zero-order valence-corrected chi connectivity index (χ0v) is 9.18. The zero-order valence-electron chi connectivity index (χ0n) is 9.18. The fraction of sp³-hybridized carbons (Fsp3) is 1.00. The Bertz CT molecular complexity index is 127. The quantitative estimate of drug-likeness (QED) is 0.724. The highest BCUT2D eigenvalue weighted by molar-refractivity contribution is 4.90. The average Bonchev–Trinajstić information content (AvgIpc) is 2.23. The Kier molecular flexibility index (Phi) is 4.20. The minimum atomic E-state index is 0.306. The summed E-state index contributed by atoms with van der Waals surface area (Å²) in [5.41, 5.74) is 6.22. The summed E-state index contributed by atoms with van der Waals surface area (Å²) in [5.74, 6) is 0. The van der Waals surface area contributed by atoms with Gasteiger partial charge in [0.05, 0.1) is 0 Å². The molecule has 2 nitrogen and oxygen atoms in total. The second-order valence-corrected chi connectivity index (χ2v) is 4.18. The SMILES string of the molecule is CCC(CC)(CN)N1CCCCC1. The van der Waals surface area contributed by atoms with E-state index in [1.807, 2.05) is 0 Å². The minimum Gasteiger partial charge on any atom is -0.329 e. The number of nitrogens with zero attached hydrogens (tertiary/aromatic N) is 1.